The summed E-state index contributed by atoms with van der Waals surface area (Å²) >= 11 is 0. The molecular formula is C33H44N4. The van der Waals surface area contributed by atoms with Crippen molar-refractivity contribution >= 4 is 23.0 Å². The molecule has 0 radical (unpaired) electrons. The largest absolute Gasteiger partial charge is 0.301 e. The van der Waals surface area contributed by atoms with E-state index in [4.69, 9.17) is 9.97 Å². The molecule has 2 aliphatic rings. The molecule has 0 fully saturated rings. The maximum Gasteiger partial charge on any atom is 0.178 e. The molecule has 0 saturated heterocycles. The molecule has 196 valence electrons. The molecule has 0 aliphatic carbocycles. The second kappa shape index (κ2) is 9.45. The van der Waals surface area contributed by atoms with Crippen LogP contribution in [0.3, 0.4) is 0 Å². The third-order valence-corrected chi connectivity index (χ3v) is 9.35. The zero-order valence-corrected chi connectivity index (χ0v) is 24.0. The highest BCUT2D eigenvalue weighted by atomic mass is 15.5. The first-order valence-corrected chi connectivity index (χ1v) is 14.4. The van der Waals surface area contributed by atoms with E-state index in [1.165, 1.54) is 23.4 Å². The van der Waals surface area contributed by atoms with Crippen LogP contribution in [0.4, 0.5) is 23.0 Å². The van der Waals surface area contributed by atoms with Gasteiger partial charge in [0.1, 0.15) is 6.17 Å². The van der Waals surface area contributed by atoms with Crippen LogP contribution in [0.5, 0.6) is 0 Å². The summed E-state index contributed by atoms with van der Waals surface area (Å²) in [5.41, 5.74) is 6.25. The van der Waals surface area contributed by atoms with Gasteiger partial charge in [0, 0.05) is 22.2 Å². The summed E-state index contributed by atoms with van der Waals surface area (Å²) in [5.74, 6) is 2.63. The second-order valence-corrected chi connectivity index (χ2v) is 11.9. The van der Waals surface area contributed by atoms with Crippen LogP contribution in [-0.2, 0) is 5.41 Å². The first-order chi connectivity index (χ1) is 17.8. The van der Waals surface area contributed by atoms with Crippen molar-refractivity contribution in [3.63, 3.8) is 0 Å². The Morgan fingerprint density at radius 1 is 0.757 bits per heavy atom. The molecule has 0 amide bonds. The quantitative estimate of drug-likeness (QED) is 0.326. The summed E-state index contributed by atoms with van der Waals surface area (Å²) < 4.78 is 0. The number of anilines is 4. The van der Waals surface area contributed by atoms with Crippen LogP contribution in [0.25, 0.3) is 0 Å². The summed E-state index contributed by atoms with van der Waals surface area (Å²) in [5, 5.41) is 0. The van der Waals surface area contributed by atoms with E-state index >= 15 is 0 Å². The van der Waals surface area contributed by atoms with Gasteiger partial charge in [-0.25, -0.2) is 9.97 Å². The summed E-state index contributed by atoms with van der Waals surface area (Å²) in [6, 6.07) is 20.0. The fourth-order valence-corrected chi connectivity index (χ4v) is 7.41. The smallest absolute Gasteiger partial charge is 0.178 e. The molecule has 3 unspecified atom stereocenters. The van der Waals surface area contributed by atoms with Crippen LogP contribution >= 0.6 is 0 Å². The van der Waals surface area contributed by atoms with Crippen LogP contribution in [0, 0.1) is 5.41 Å². The highest BCUT2D eigenvalue weighted by Crippen LogP contribution is 2.65. The number of para-hydroxylation sites is 2. The molecule has 3 atom stereocenters. The van der Waals surface area contributed by atoms with Crippen LogP contribution in [0.1, 0.15) is 110 Å². The topological polar surface area (TPSA) is 32.3 Å². The Balaban J connectivity index is 1.90. The zero-order valence-electron chi connectivity index (χ0n) is 24.0. The molecule has 4 nitrogen and oxygen atoms in total. The second-order valence-electron chi connectivity index (χ2n) is 11.9. The van der Waals surface area contributed by atoms with Gasteiger partial charge in [-0.1, -0.05) is 98.2 Å². The highest BCUT2D eigenvalue weighted by Gasteiger charge is 2.62. The van der Waals surface area contributed by atoms with Gasteiger partial charge in [-0.15, -0.1) is 0 Å². The summed E-state index contributed by atoms with van der Waals surface area (Å²) in [4.78, 5) is 16.0. The van der Waals surface area contributed by atoms with Crippen LogP contribution < -0.4 is 9.80 Å². The SMILES string of the molecule is CCCC1(CC)c2ccccc2N2c3nc(C(C)C)c(C(C)C)nc3N(c3ccccc3)C2C1(C)CC. The van der Waals surface area contributed by atoms with Crippen molar-refractivity contribution < 1.29 is 0 Å². The lowest BCUT2D eigenvalue weighted by Crippen LogP contribution is -2.63. The van der Waals surface area contributed by atoms with E-state index in [0.29, 0.717) is 11.8 Å². The highest BCUT2D eigenvalue weighted by molar-refractivity contribution is 5.87. The van der Waals surface area contributed by atoms with E-state index in [1.54, 1.807) is 0 Å². The van der Waals surface area contributed by atoms with Gasteiger partial charge in [0.2, 0.25) is 0 Å². The maximum atomic E-state index is 5.47. The fourth-order valence-electron chi connectivity index (χ4n) is 7.41. The third-order valence-electron chi connectivity index (χ3n) is 9.35. The first-order valence-electron chi connectivity index (χ1n) is 14.4. The van der Waals surface area contributed by atoms with Gasteiger partial charge in [-0.3, -0.25) is 0 Å². The lowest BCUT2D eigenvalue weighted by atomic mass is 9.52. The van der Waals surface area contributed by atoms with Crippen molar-refractivity contribution in [1.82, 2.24) is 9.97 Å². The Kier molecular flexibility index (Phi) is 6.58. The zero-order chi connectivity index (χ0) is 26.5. The molecule has 0 spiro atoms. The Morgan fingerprint density at radius 3 is 1.86 bits per heavy atom. The lowest BCUT2D eigenvalue weighted by Gasteiger charge is -2.60. The van der Waals surface area contributed by atoms with Crippen molar-refractivity contribution in [2.45, 2.75) is 104 Å². The van der Waals surface area contributed by atoms with Crippen molar-refractivity contribution in [1.29, 1.82) is 0 Å². The number of rotatable bonds is 7. The summed E-state index contributed by atoms with van der Waals surface area (Å²) in [7, 11) is 0. The monoisotopic (exact) mass is 496 g/mol. The Labute approximate surface area is 224 Å². The van der Waals surface area contributed by atoms with Crippen molar-refractivity contribution in [2.24, 2.45) is 5.41 Å². The molecule has 1 aromatic heterocycles. The van der Waals surface area contributed by atoms with E-state index in [-0.39, 0.29) is 17.0 Å². The Bertz CT molecular complexity index is 1270. The molecule has 4 heteroatoms. The number of hydrogen-bond acceptors (Lipinski definition) is 4. The number of benzene rings is 2. The van der Waals surface area contributed by atoms with E-state index in [9.17, 15) is 0 Å². The minimum Gasteiger partial charge on any atom is -0.301 e. The molecular weight excluding hydrogens is 452 g/mol. The minimum atomic E-state index is -0.0275. The van der Waals surface area contributed by atoms with Crippen molar-refractivity contribution in [3.8, 4) is 0 Å². The normalized spacial score (nSPS) is 24.4. The molecule has 0 N–H and O–H groups in total. The van der Waals surface area contributed by atoms with Gasteiger partial charge in [-0.05, 0) is 54.9 Å². The van der Waals surface area contributed by atoms with E-state index in [1.807, 2.05) is 0 Å². The molecule has 0 bridgehead atoms. The Hall–Kier alpha value is -2.88. The van der Waals surface area contributed by atoms with Gasteiger partial charge in [0.05, 0.1) is 11.4 Å². The minimum absolute atomic E-state index is 0.0275. The predicted molar refractivity (Wildman–Crippen MR) is 156 cm³/mol. The molecule has 0 saturated carbocycles. The van der Waals surface area contributed by atoms with Gasteiger partial charge < -0.3 is 9.80 Å². The van der Waals surface area contributed by atoms with E-state index in [2.05, 4.69) is 120 Å². The van der Waals surface area contributed by atoms with E-state index in [0.717, 1.165) is 42.3 Å². The molecule has 5 rings (SSSR count). The maximum absolute atomic E-state index is 5.47. The first kappa shape index (κ1) is 25.8. The number of fused-ring (bicyclic) bond motifs is 5. The van der Waals surface area contributed by atoms with Gasteiger partial charge in [0.25, 0.3) is 0 Å². The lowest BCUT2D eigenvalue weighted by molar-refractivity contribution is 0.0722. The summed E-state index contributed by atoms with van der Waals surface area (Å²) in [6.45, 7) is 18.6. The van der Waals surface area contributed by atoms with Crippen molar-refractivity contribution in [3.05, 3.63) is 71.5 Å². The standard InChI is InChI=1S/C33H44N4/c1-9-21-33(11-3)25-19-15-16-20-26(25)37-30-29(34-27(22(4)5)28(35-30)23(6)7)36(24-17-13-12-14-18-24)31(37)32(33,8)10-2/h12-20,22-23,31H,9-11,21H2,1-8H3. The van der Waals surface area contributed by atoms with Gasteiger partial charge >= 0.3 is 0 Å². The van der Waals surface area contributed by atoms with Gasteiger partial charge in [-0.2, -0.15) is 0 Å². The number of nitrogens with zero attached hydrogens (tertiary/aromatic N) is 4. The average molecular weight is 497 g/mol. The van der Waals surface area contributed by atoms with Crippen LogP contribution in [0.2, 0.25) is 0 Å². The van der Waals surface area contributed by atoms with Crippen LogP contribution in [-0.4, -0.2) is 16.1 Å². The molecule has 2 aromatic carbocycles. The van der Waals surface area contributed by atoms with Crippen molar-refractivity contribution in [2.75, 3.05) is 9.80 Å². The molecule has 3 aromatic rings. The molecule has 37 heavy (non-hydrogen) atoms. The number of hydrogen-bond donors (Lipinski definition) is 0. The average Bonchev–Trinajstić information content (AvgIpc) is 3.25. The van der Waals surface area contributed by atoms with E-state index < -0.39 is 0 Å². The third kappa shape index (κ3) is 3.55. The molecule has 2 aliphatic heterocycles. The van der Waals surface area contributed by atoms with Gasteiger partial charge in [0.15, 0.2) is 11.6 Å². The van der Waals surface area contributed by atoms with Crippen LogP contribution in [0.15, 0.2) is 54.6 Å². The fraction of sp³-hybridized carbons (Fsp3) is 0.515. The predicted octanol–water partition coefficient (Wildman–Crippen LogP) is 9.22. The molecule has 3 heterocycles. The Morgan fingerprint density at radius 2 is 1.32 bits per heavy atom. The number of aromatic nitrogens is 2. The summed E-state index contributed by atoms with van der Waals surface area (Å²) in [6.07, 6.45) is 4.61.